The van der Waals surface area contributed by atoms with Crippen LogP contribution in [-0.4, -0.2) is 41.1 Å². The fourth-order valence-electron chi connectivity index (χ4n) is 2.27. The molecule has 0 radical (unpaired) electrons. The first kappa shape index (κ1) is 14.8. The molecule has 0 unspecified atom stereocenters. The number of aliphatic carboxylic acids is 1. The van der Waals surface area contributed by atoms with Crippen molar-refractivity contribution in [3.05, 3.63) is 34.9 Å². The number of hydrogen-bond acceptors (Lipinski definition) is 3. The third-order valence-corrected chi connectivity index (χ3v) is 3.67. The summed E-state index contributed by atoms with van der Waals surface area (Å²) in [7, 11) is 0. The van der Waals surface area contributed by atoms with Crippen molar-refractivity contribution in [2.45, 2.75) is 25.5 Å². The van der Waals surface area contributed by atoms with Crippen molar-refractivity contribution in [3.8, 4) is 0 Å². The molecule has 1 heterocycles. The van der Waals surface area contributed by atoms with Crippen LogP contribution < -0.4 is 0 Å². The van der Waals surface area contributed by atoms with Gasteiger partial charge in [0, 0.05) is 11.6 Å². The normalized spacial score (nSPS) is 18.2. The minimum atomic E-state index is -0.957. The molecular weight excluding hydrogens is 282 g/mol. The smallest absolute Gasteiger partial charge is 0.326 e. The summed E-state index contributed by atoms with van der Waals surface area (Å²) in [5.74, 6) is -1.25. The first-order chi connectivity index (χ1) is 9.59. The van der Waals surface area contributed by atoms with E-state index in [1.165, 1.54) is 4.90 Å². The summed E-state index contributed by atoms with van der Waals surface area (Å²) in [5.41, 5.74) is 0.804. The minimum absolute atomic E-state index is 0.130. The molecule has 0 aromatic heterocycles. The molecule has 0 aliphatic carbocycles. The summed E-state index contributed by atoms with van der Waals surface area (Å²) in [5, 5.41) is 9.61. The van der Waals surface area contributed by atoms with Crippen molar-refractivity contribution in [3.63, 3.8) is 0 Å². The molecule has 0 saturated carbocycles. The third-order valence-electron chi connectivity index (χ3n) is 3.30. The molecule has 1 N–H and O–H groups in total. The van der Waals surface area contributed by atoms with Gasteiger partial charge in [0.2, 0.25) is 5.91 Å². The second-order valence-electron chi connectivity index (χ2n) is 4.67. The van der Waals surface area contributed by atoms with E-state index >= 15 is 0 Å². The topological polar surface area (TPSA) is 66.8 Å². The number of hydrogen-bond donors (Lipinski definition) is 1. The molecule has 0 bridgehead atoms. The number of benzene rings is 1. The van der Waals surface area contributed by atoms with E-state index in [9.17, 15) is 9.59 Å². The van der Waals surface area contributed by atoms with Gasteiger partial charge < -0.3 is 14.7 Å². The van der Waals surface area contributed by atoms with Crippen LogP contribution in [0.1, 0.15) is 18.4 Å². The van der Waals surface area contributed by atoms with Crippen LogP contribution in [0.15, 0.2) is 24.3 Å². The first-order valence-corrected chi connectivity index (χ1v) is 6.81. The summed E-state index contributed by atoms with van der Waals surface area (Å²) in [6.07, 6.45) is 1.22. The maximum absolute atomic E-state index is 11.9. The van der Waals surface area contributed by atoms with Gasteiger partial charge >= 0.3 is 5.97 Å². The lowest BCUT2D eigenvalue weighted by atomic mass is 10.2. The zero-order valence-corrected chi connectivity index (χ0v) is 11.7. The standard InChI is InChI=1S/C14H16ClNO4/c15-11-5-2-1-4-10(11)8-20-9-13(17)16-7-3-6-12(16)14(18)19/h1-2,4-5,12H,3,6-9H2,(H,18,19)/t12-/m0/s1. The third kappa shape index (κ3) is 3.49. The highest BCUT2D eigenvalue weighted by atomic mass is 35.5. The van der Waals surface area contributed by atoms with Crippen molar-refractivity contribution < 1.29 is 19.4 Å². The average molecular weight is 298 g/mol. The Hall–Kier alpha value is -1.59. The lowest BCUT2D eigenvalue weighted by Crippen LogP contribution is -2.42. The zero-order valence-electron chi connectivity index (χ0n) is 10.9. The molecule has 1 amide bonds. The molecular formula is C14H16ClNO4. The Morgan fingerprint density at radius 1 is 1.40 bits per heavy atom. The SMILES string of the molecule is O=C(O)[C@@H]1CCCN1C(=O)COCc1ccccc1Cl. The summed E-state index contributed by atoms with van der Waals surface area (Å²) < 4.78 is 5.33. The van der Waals surface area contributed by atoms with E-state index in [0.717, 1.165) is 5.56 Å². The molecule has 20 heavy (non-hydrogen) atoms. The Kier molecular flexibility index (Phi) is 4.98. The van der Waals surface area contributed by atoms with Crippen LogP contribution >= 0.6 is 11.6 Å². The van der Waals surface area contributed by atoms with E-state index in [2.05, 4.69) is 0 Å². The summed E-state index contributed by atoms with van der Waals surface area (Å²) >= 11 is 5.98. The van der Waals surface area contributed by atoms with Crippen LogP contribution in [0.2, 0.25) is 5.02 Å². The van der Waals surface area contributed by atoms with Crippen LogP contribution in [0, 0.1) is 0 Å². The predicted octanol–water partition coefficient (Wildman–Crippen LogP) is 1.93. The predicted molar refractivity (Wildman–Crippen MR) is 73.5 cm³/mol. The second-order valence-corrected chi connectivity index (χ2v) is 5.07. The van der Waals surface area contributed by atoms with Crippen LogP contribution in [-0.2, 0) is 20.9 Å². The van der Waals surface area contributed by atoms with Crippen LogP contribution in [0.25, 0.3) is 0 Å². The van der Waals surface area contributed by atoms with E-state index in [-0.39, 0.29) is 19.1 Å². The molecule has 1 aliphatic heterocycles. The van der Waals surface area contributed by atoms with Crippen molar-refractivity contribution in [2.75, 3.05) is 13.2 Å². The largest absolute Gasteiger partial charge is 0.480 e. The summed E-state index contributed by atoms with van der Waals surface area (Å²) in [6.45, 7) is 0.581. The fourth-order valence-corrected chi connectivity index (χ4v) is 2.46. The van der Waals surface area contributed by atoms with Gasteiger partial charge in [-0.3, -0.25) is 4.79 Å². The van der Waals surface area contributed by atoms with Crippen molar-refractivity contribution in [1.82, 2.24) is 4.90 Å². The number of carboxylic acids is 1. The number of carbonyl (C=O) groups is 2. The summed E-state index contributed by atoms with van der Waals surface area (Å²) in [6, 6.07) is 6.52. The first-order valence-electron chi connectivity index (χ1n) is 6.43. The Morgan fingerprint density at radius 3 is 2.85 bits per heavy atom. The molecule has 5 nitrogen and oxygen atoms in total. The van der Waals surface area contributed by atoms with Gasteiger partial charge in [-0.1, -0.05) is 29.8 Å². The minimum Gasteiger partial charge on any atom is -0.480 e. The summed E-state index contributed by atoms with van der Waals surface area (Å²) in [4.78, 5) is 24.3. The van der Waals surface area contributed by atoms with Crippen LogP contribution in [0.5, 0.6) is 0 Å². The van der Waals surface area contributed by atoms with Crippen molar-refractivity contribution in [1.29, 1.82) is 0 Å². The molecule has 6 heteroatoms. The van der Waals surface area contributed by atoms with Gasteiger partial charge in [-0.15, -0.1) is 0 Å². The number of carboxylic acid groups (broad SMARTS) is 1. The number of carbonyl (C=O) groups excluding carboxylic acids is 1. The van der Waals surface area contributed by atoms with Crippen LogP contribution in [0.3, 0.4) is 0 Å². The molecule has 2 rings (SSSR count). The highest BCUT2D eigenvalue weighted by Crippen LogP contribution is 2.18. The maximum Gasteiger partial charge on any atom is 0.326 e. The monoisotopic (exact) mass is 297 g/mol. The van der Waals surface area contributed by atoms with Crippen molar-refractivity contribution in [2.24, 2.45) is 0 Å². The molecule has 1 atom stereocenters. The number of nitrogens with zero attached hydrogens (tertiary/aromatic N) is 1. The fraction of sp³-hybridized carbons (Fsp3) is 0.429. The number of rotatable bonds is 5. The molecule has 1 aliphatic rings. The van der Waals surface area contributed by atoms with E-state index in [1.807, 2.05) is 18.2 Å². The maximum atomic E-state index is 11.9. The van der Waals surface area contributed by atoms with Crippen LogP contribution in [0.4, 0.5) is 0 Å². The number of ether oxygens (including phenoxy) is 1. The zero-order chi connectivity index (χ0) is 14.5. The van der Waals surface area contributed by atoms with E-state index < -0.39 is 12.0 Å². The molecule has 0 spiro atoms. The molecule has 1 saturated heterocycles. The Morgan fingerprint density at radius 2 is 2.15 bits per heavy atom. The van der Waals surface area contributed by atoms with Gasteiger partial charge in [-0.25, -0.2) is 4.79 Å². The molecule has 108 valence electrons. The van der Waals surface area contributed by atoms with Gasteiger partial charge in [0.25, 0.3) is 0 Å². The molecule has 1 aromatic rings. The van der Waals surface area contributed by atoms with Gasteiger partial charge in [0.1, 0.15) is 12.6 Å². The van der Waals surface area contributed by atoms with E-state index in [4.69, 9.17) is 21.4 Å². The van der Waals surface area contributed by atoms with Gasteiger partial charge in [-0.05, 0) is 24.5 Å². The van der Waals surface area contributed by atoms with E-state index in [0.29, 0.717) is 24.4 Å². The Balaban J connectivity index is 1.84. The molecule has 1 aromatic carbocycles. The number of halogens is 1. The Bertz CT molecular complexity index is 506. The Labute approximate surface area is 122 Å². The quantitative estimate of drug-likeness (QED) is 0.902. The highest BCUT2D eigenvalue weighted by molar-refractivity contribution is 6.31. The van der Waals surface area contributed by atoms with E-state index in [1.54, 1.807) is 6.07 Å². The highest BCUT2D eigenvalue weighted by Gasteiger charge is 2.33. The number of amides is 1. The molecule has 1 fully saturated rings. The van der Waals surface area contributed by atoms with Gasteiger partial charge in [-0.2, -0.15) is 0 Å². The van der Waals surface area contributed by atoms with Gasteiger partial charge in [0.15, 0.2) is 0 Å². The van der Waals surface area contributed by atoms with Crippen molar-refractivity contribution >= 4 is 23.5 Å². The second kappa shape index (κ2) is 6.72. The average Bonchev–Trinajstić information content (AvgIpc) is 2.90. The van der Waals surface area contributed by atoms with Gasteiger partial charge in [0.05, 0.1) is 6.61 Å². The lowest BCUT2D eigenvalue weighted by Gasteiger charge is -2.21. The lowest BCUT2D eigenvalue weighted by molar-refractivity contribution is -0.150. The number of likely N-dealkylation sites (tertiary alicyclic amines) is 1.